The summed E-state index contributed by atoms with van der Waals surface area (Å²) in [5.41, 5.74) is 8.06. The Kier molecular flexibility index (Phi) is 2.06. The Morgan fingerprint density at radius 1 is 1.38 bits per heavy atom. The van der Waals surface area contributed by atoms with Gasteiger partial charge in [0.05, 0.1) is 17.0 Å². The van der Waals surface area contributed by atoms with Gasteiger partial charge in [-0.1, -0.05) is 17.7 Å². The topological polar surface area (TPSA) is 43.8 Å². The van der Waals surface area contributed by atoms with Crippen LogP contribution in [-0.2, 0) is 5.54 Å². The lowest BCUT2D eigenvalue weighted by atomic mass is 10.1. The highest BCUT2D eigenvalue weighted by Gasteiger charge is 2.40. The van der Waals surface area contributed by atoms with Crippen molar-refractivity contribution in [2.24, 2.45) is 5.73 Å². The minimum Gasteiger partial charge on any atom is -0.321 e. The smallest absolute Gasteiger partial charge is 0.0992 e. The van der Waals surface area contributed by atoms with Gasteiger partial charge < -0.3 is 10.3 Å². The molecule has 4 heteroatoms. The van der Waals surface area contributed by atoms with Crippen molar-refractivity contribution in [1.29, 1.82) is 0 Å². The Morgan fingerprint density at radius 3 is 2.75 bits per heavy atom. The van der Waals surface area contributed by atoms with Gasteiger partial charge in [0.2, 0.25) is 0 Å². The monoisotopic (exact) mass is 233 g/mol. The van der Waals surface area contributed by atoms with Crippen molar-refractivity contribution >= 4 is 11.6 Å². The van der Waals surface area contributed by atoms with Crippen LogP contribution in [0.15, 0.2) is 36.9 Å². The van der Waals surface area contributed by atoms with E-state index in [-0.39, 0.29) is 5.54 Å². The molecule has 0 aliphatic heterocycles. The Bertz CT molecular complexity index is 515. The normalized spacial score (nSPS) is 17.4. The second-order valence-electron chi connectivity index (χ2n) is 4.29. The molecule has 3 nitrogen and oxygen atoms in total. The van der Waals surface area contributed by atoms with E-state index >= 15 is 0 Å². The number of nitrogens with two attached hydrogens (primary N) is 1. The van der Waals surface area contributed by atoms with Gasteiger partial charge in [-0.15, -0.1) is 0 Å². The van der Waals surface area contributed by atoms with Crippen molar-refractivity contribution in [3.05, 3.63) is 47.5 Å². The summed E-state index contributed by atoms with van der Waals surface area (Å²) in [6.45, 7) is 0. The molecule has 2 N–H and O–H groups in total. The standard InChI is InChI=1S/C12H12ClN3/c13-10-7-9(12(14)3-4-12)1-2-11(10)16-6-5-15-8-16/h1-2,5-8H,3-4,14H2. The van der Waals surface area contributed by atoms with Crippen LogP contribution in [0.2, 0.25) is 5.02 Å². The summed E-state index contributed by atoms with van der Waals surface area (Å²) in [5.74, 6) is 0. The fourth-order valence-electron chi connectivity index (χ4n) is 1.85. The minimum absolute atomic E-state index is 0.128. The van der Waals surface area contributed by atoms with Crippen LogP contribution in [0.1, 0.15) is 18.4 Å². The number of halogens is 1. The van der Waals surface area contributed by atoms with Crippen molar-refractivity contribution in [3.8, 4) is 5.69 Å². The molecular formula is C12H12ClN3. The van der Waals surface area contributed by atoms with E-state index in [0.29, 0.717) is 5.02 Å². The van der Waals surface area contributed by atoms with Gasteiger partial charge in [0, 0.05) is 17.9 Å². The third kappa shape index (κ3) is 1.52. The van der Waals surface area contributed by atoms with Crippen molar-refractivity contribution in [2.45, 2.75) is 18.4 Å². The predicted octanol–water partition coefficient (Wildman–Crippen LogP) is 2.47. The van der Waals surface area contributed by atoms with Gasteiger partial charge >= 0.3 is 0 Å². The fraction of sp³-hybridized carbons (Fsp3) is 0.250. The molecule has 1 aliphatic rings. The summed E-state index contributed by atoms with van der Waals surface area (Å²) in [4.78, 5) is 4.00. The molecule has 0 bridgehead atoms. The van der Waals surface area contributed by atoms with E-state index in [2.05, 4.69) is 4.98 Å². The first-order valence-corrected chi connectivity index (χ1v) is 5.64. The third-order valence-corrected chi connectivity index (χ3v) is 3.40. The van der Waals surface area contributed by atoms with Crippen molar-refractivity contribution in [2.75, 3.05) is 0 Å². The molecular weight excluding hydrogens is 222 g/mol. The molecule has 1 heterocycles. The zero-order chi connectivity index (χ0) is 11.2. The first kappa shape index (κ1) is 9.87. The summed E-state index contributed by atoms with van der Waals surface area (Å²) >= 11 is 6.25. The lowest BCUT2D eigenvalue weighted by Crippen LogP contribution is -2.18. The molecule has 1 aromatic heterocycles. The van der Waals surface area contributed by atoms with Crippen LogP contribution in [0.3, 0.4) is 0 Å². The van der Waals surface area contributed by atoms with Crippen LogP contribution in [0.4, 0.5) is 0 Å². The highest BCUT2D eigenvalue weighted by Crippen LogP contribution is 2.43. The molecule has 1 saturated carbocycles. The van der Waals surface area contributed by atoms with Gasteiger partial charge in [-0.05, 0) is 30.5 Å². The van der Waals surface area contributed by atoms with E-state index in [4.69, 9.17) is 17.3 Å². The molecule has 0 spiro atoms. The molecule has 3 rings (SSSR count). The largest absolute Gasteiger partial charge is 0.321 e. The number of hydrogen-bond donors (Lipinski definition) is 1. The molecule has 2 aromatic rings. The Hall–Kier alpha value is -1.32. The molecule has 1 aliphatic carbocycles. The number of hydrogen-bond acceptors (Lipinski definition) is 2. The van der Waals surface area contributed by atoms with Gasteiger partial charge in [0.1, 0.15) is 0 Å². The number of benzene rings is 1. The van der Waals surface area contributed by atoms with Crippen molar-refractivity contribution in [3.63, 3.8) is 0 Å². The number of rotatable bonds is 2. The molecule has 0 amide bonds. The second-order valence-corrected chi connectivity index (χ2v) is 4.70. The van der Waals surface area contributed by atoms with Crippen LogP contribution >= 0.6 is 11.6 Å². The average molecular weight is 234 g/mol. The minimum atomic E-state index is -0.128. The summed E-state index contributed by atoms with van der Waals surface area (Å²) < 4.78 is 1.89. The molecule has 0 unspecified atom stereocenters. The Labute approximate surface area is 98.9 Å². The van der Waals surface area contributed by atoms with E-state index in [0.717, 1.165) is 24.1 Å². The van der Waals surface area contributed by atoms with Gasteiger partial charge in [-0.2, -0.15) is 0 Å². The molecule has 0 atom stereocenters. The quantitative estimate of drug-likeness (QED) is 0.866. The summed E-state index contributed by atoms with van der Waals surface area (Å²) in [5, 5.41) is 0.715. The summed E-state index contributed by atoms with van der Waals surface area (Å²) in [6, 6.07) is 6.00. The van der Waals surface area contributed by atoms with Crippen LogP contribution < -0.4 is 5.73 Å². The average Bonchev–Trinajstić information content (AvgIpc) is 2.82. The molecule has 1 fully saturated rings. The predicted molar refractivity (Wildman–Crippen MR) is 63.7 cm³/mol. The number of nitrogens with zero attached hydrogens (tertiary/aromatic N) is 2. The molecule has 16 heavy (non-hydrogen) atoms. The van der Waals surface area contributed by atoms with Gasteiger partial charge in [-0.25, -0.2) is 4.98 Å². The highest BCUT2D eigenvalue weighted by molar-refractivity contribution is 6.32. The maximum absolute atomic E-state index is 6.25. The molecule has 82 valence electrons. The summed E-state index contributed by atoms with van der Waals surface area (Å²) in [6.07, 6.45) is 7.43. The van der Waals surface area contributed by atoms with Crippen molar-refractivity contribution < 1.29 is 0 Å². The molecule has 0 saturated heterocycles. The van der Waals surface area contributed by atoms with E-state index in [1.807, 2.05) is 29.0 Å². The molecule has 1 aromatic carbocycles. The second kappa shape index (κ2) is 3.34. The van der Waals surface area contributed by atoms with Gasteiger partial charge in [0.15, 0.2) is 0 Å². The maximum atomic E-state index is 6.25. The SMILES string of the molecule is NC1(c2ccc(-n3ccnc3)c(Cl)c2)CC1. The Balaban J connectivity index is 2.04. The Morgan fingerprint density at radius 2 is 2.19 bits per heavy atom. The highest BCUT2D eigenvalue weighted by atomic mass is 35.5. The van der Waals surface area contributed by atoms with E-state index < -0.39 is 0 Å². The zero-order valence-corrected chi connectivity index (χ0v) is 9.48. The van der Waals surface area contributed by atoms with Crippen molar-refractivity contribution in [1.82, 2.24) is 9.55 Å². The van der Waals surface area contributed by atoms with E-state index in [1.165, 1.54) is 0 Å². The van der Waals surface area contributed by atoms with Gasteiger partial charge in [-0.3, -0.25) is 0 Å². The number of aromatic nitrogens is 2. The summed E-state index contributed by atoms with van der Waals surface area (Å²) in [7, 11) is 0. The van der Waals surface area contributed by atoms with E-state index in [1.54, 1.807) is 12.5 Å². The maximum Gasteiger partial charge on any atom is 0.0992 e. The van der Waals surface area contributed by atoms with Crippen LogP contribution in [0.25, 0.3) is 5.69 Å². The van der Waals surface area contributed by atoms with Crippen LogP contribution in [-0.4, -0.2) is 9.55 Å². The van der Waals surface area contributed by atoms with Crippen LogP contribution in [0, 0.1) is 0 Å². The van der Waals surface area contributed by atoms with E-state index in [9.17, 15) is 0 Å². The lowest BCUT2D eigenvalue weighted by Gasteiger charge is -2.12. The molecule has 0 radical (unpaired) electrons. The van der Waals surface area contributed by atoms with Gasteiger partial charge in [0.25, 0.3) is 0 Å². The first-order chi connectivity index (χ1) is 7.69. The fourth-order valence-corrected chi connectivity index (χ4v) is 2.13. The zero-order valence-electron chi connectivity index (χ0n) is 8.73. The number of imidazole rings is 1. The first-order valence-electron chi connectivity index (χ1n) is 5.26. The lowest BCUT2D eigenvalue weighted by molar-refractivity contribution is 0.739. The third-order valence-electron chi connectivity index (χ3n) is 3.09. The van der Waals surface area contributed by atoms with Crippen LogP contribution in [0.5, 0.6) is 0 Å².